The van der Waals surface area contributed by atoms with Crippen LogP contribution in [0.3, 0.4) is 0 Å². The smallest absolute Gasteiger partial charge is 0.495 e. The van der Waals surface area contributed by atoms with Gasteiger partial charge in [0.15, 0.2) is 5.06 Å². The van der Waals surface area contributed by atoms with E-state index in [9.17, 15) is 18.0 Å². The Kier molecular flexibility index (Phi) is 4.42. The first-order valence-corrected chi connectivity index (χ1v) is 8.15. The van der Waals surface area contributed by atoms with Gasteiger partial charge in [0.05, 0.1) is 22.5 Å². The molecule has 0 spiro atoms. The van der Waals surface area contributed by atoms with E-state index in [4.69, 9.17) is 16.3 Å². The van der Waals surface area contributed by atoms with Crippen molar-refractivity contribution in [3.63, 3.8) is 0 Å². The Bertz CT molecular complexity index is 962. The zero-order valence-electron chi connectivity index (χ0n) is 13.0. The fourth-order valence-corrected chi connectivity index (χ4v) is 3.60. The van der Waals surface area contributed by atoms with Crippen LogP contribution in [0, 0.1) is 6.92 Å². The Morgan fingerprint density at radius 2 is 1.96 bits per heavy atom. The molecule has 3 aromatic rings. The van der Waals surface area contributed by atoms with Crippen molar-refractivity contribution in [1.29, 1.82) is 0 Å². The lowest BCUT2D eigenvalue weighted by Gasteiger charge is -2.07. The molecule has 0 N–H and O–H groups in total. The average molecular weight is 390 g/mol. The van der Waals surface area contributed by atoms with Crippen molar-refractivity contribution in [2.75, 3.05) is 7.11 Å². The first-order chi connectivity index (χ1) is 11.7. The molecule has 1 aromatic carbocycles. The summed E-state index contributed by atoms with van der Waals surface area (Å²) < 4.78 is 47.2. The molecule has 0 amide bonds. The molecule has 0 radical (unpaired) electrons. The fourth-order valence-electron chi connectivity index (χ4n) is 2.50. The summed E-state index contributed by atoms with van der Waals surface area (Å²) in [5.41, 5.74) is 1.14. The van der Waals surface area contributed by atoms with Gasteiger partial charge in [-0.3, -0.25) is 9.36 Å². The number of methoxy groups -OCH3 is 1. The number of aryl methyl sites for hydroxylation is 1. The predicted molar refractivity (Wildman–Crippen MR) is 89.0 cm³/mol. The standard InChI is InChI=1S/C16H11ClF3NO3S/c1-8-7-9-10(3-4-11(23-2)14(9)17)21(8)15(22)12-5-6-13(25-12)24-16(18,19)20/h3-7H,1-2H3. The van der Waals surface area contributed by atoms with Crippen molar-refractivity contribution in [1.82, 2.24) is 4.57 Å². The van der Waals surface area contributed by atoms with Crippen molar-refractivity contribution < 1.29 is 27.4 Å². The largest absolute Gasteiger partial charge is 0.573 e. The number of hydrogen-bond acceptors (Lipinski definition) is 4. The Morgan fingerprint density at radius 1 is 1.24 bits per heavy atom. The number of benzene rings is 1. The molecule has 0 saturated carbocycles. The van der Waals surface area contributed by atoms with E-state index in [0.29, 0.717) is 38.7 Å². The highest BCUT2D eigenvalue weighted by Crippen LogP contribution is 2.36. The van der Waals surface area contributed by atoms with Crippen molar-refractivity contribution in [3.05, 3.63) is 45.9 Å². The summed E-state index contributed by atoms with van der Waals surface area (Å²) in [6.07, 6.45) is -4.80. The Morgan fingerprint density at radius 3 is 2.60 bits per heavy atom. The van der Waals surface area contributed by atoms with Gasteiger partial charge in [-0.15, -0.1) is 13.2 Å². The molecule has 132 valence electrons. The number of rotatable bonds is 3. The van der Waals surface area contributed by atoms with Gasteiger partial charge in [-0.2, -0.15) is 0 Å². The lowest BCUT2D eigenvalue weighted by Crippen LogP contribution is -2.16. The molecular weight excluding hydrogens is 379 g/mol. The van der Waals surface area contributed by atoms with Gasteiger partial charge < -0.3 is 9.47 Å². The lowest BCUT2D eigenvalue weighted by molar-refractivity contribution is -0.273. The third-order valence-electron chi connectivity index (χ3n) is 3.50. The molecule has 25 heavy (non-hydrogen) atoms. The highest BCUT2D eigenvalue weighted by Gasteiger charge is 2.32. The molecule has 0 unspecified atom stereocenters. The first kappa shape index (κ1) is 17.6. The lowest BCUT2D eigenvalue weighted by atomic mass is 10.2. The first-order valence-electron chi connectivity index (χ1n) is 6.96. The van der Waals surface area contributed by atoms with E-state index in [2.05, 4.69) is 4.74 Å². The van der Waals surface area contributed by atoms with E-state index < -0.39 is 17.3 Å². The summed E-state index contributed by atoms with van der Waals surface area (Å²) in [7, 11) is 1.48. The molecule has 0 atom stereocenters. The number of ether oxygens (including phenoxy) is 2. The molecule has 2 heterocycles. The van der Waals surface area contributed by atoms with E-state index in [1.54, 1.807) is 25.1 Å². The SMILES string of the molecule is COc1ccc2c(cc(C)n2C(=O)c2ccc(OC(F)(F)F)s2)c1Cl. The summed E-state index contributed by atoms with van der Waals surface area (Å²) in [4.78, 5) is 12.9. The highest BCUT2D eigenvalue weighted by atomic mass is 35.5. The van der Waals surface area contributed by atoms with Crippen LogP contribution in [0.25, 0.3) is 10.9 Å². The van der Waals surface area contributed by atoms with Crippen molar-refractivity contribution in [2.24, 2.45) is 0 Å². The van der Waals surface area contributed by atoms with Gasteiger partial charge in [0, 0.05) is 11.1 Å². The number of nitrogens with zero attached hydrogens (tertiary/aromatic N) is 1. The molecule has 2 aromatic heterocycles. The zero-order valence-corrected chi connectivity index (χ0v) is 14.6. The summed E-state index contributed by atoms with van der Waals surface area (Å²) in [6.45, 7) is 1.71. The number of hydrogen-bond donors (Lipinski definition) is 0. The molecular formula is C16H11ClF3NO3S. The van der Waals surface area contributed by atoms with Crippen LogP contribution >= 0.6 is 22.9 Å². The molecule has 3 rings (SSSR count). The number of carbonyl (C=O) groups is 1. The van der Waals surface area contributed by atoms with Gasteiger partial charge in [0.2, 0.25) is 0 Å². The number of alkyl halides is 3. The quantitative estimate of drug-likeness (QED) is 0.613. The minimum atomic E-state index is -4.80. The van der Waals surface area contributed by atoms with Crippen LogP contribution in [0.5, 0.6) is 10.8 Å². The average Bonchev–Trinajstić information content (AvgIpc) is 3.10. The second kappa shape index (κ2) is 6.27. The summed E-state index contributed by atoms with van der Waals surface area (Å²) >= 11 is 6.89. The van der Waals surface area contributed by atoms with Gasteiger partial charge in [-0.1, -0.05) is 22.9 Å². The van der Waals surface area contributed by atoms with E-state index in [-0.39, 0.29) is 4.88 Å². The number of halogens is 4. The van der Waals surface area contributed by atoms with E-state index in [1.165, 1.54) is 17.7 Å². The second-order valence-corrected chi connectivity index (χ2v) is 6.53. The maximum absolute atomic E-state index is 12.7. The Balaban J connectivity index is 2.03. The summed E-state index contributed by atoms with van der Waals surface area (Å²) in [5.74, 6) is 0.00603. The van der Waals surface area contributed by atoms with Crippen LogP contribution in [-0.4, -0.2) is 23.9 Å². The van der Waals surface area contributed by atoms with E-state index in [1.807, 2.05) is 0 Å². The number of fused-ring (bicyclic) bond motifs is 1. The van der Waals surface area contributed by atoms with Crippen molar-refractivity contribution in [3.8, 4) is 10.8 Å². The van der Waals surface area contributed by atoms with Crippen LogP contribution in [0.1, 0.15) is 15.4 Å². The van der Waals surface area contributed by atoms with Crippen LogP contribution in [0.15, 0.2) is 30.3 Å². The maximum Gasteiger partial charge on any atom is 0.573 e. The van der Waals surface area contributed by atoms with Crippen LogP contribution in [0.4, 0.5) is 13.2 Å². The Labute approximate surface area is 149 Å². The summed E-state index contributed by atoms with van der Waals surface area (Å²) in [6, 6.07) is 7.43. The fraction of sp³-hybridized carbons (Fsp3) is 0.188. The molecule has 0 aliphatic rings. The zero-order chi connectivity index (χ0) is 18.4. The molecule has 9 heteroatoms. The molecule has 0 aliphatic heterocycles. The van der Waals surface area contributed by atoms with Gasteiger partial charge >= 0.3 is 6.36 Å². The third-order valence-corrected chi connectivity index (χ3v) is 4.84. The highest BCUT2D eigenvalue weighted by molar-refractivity contribution is 7.15. The minimum Gasteiger partial charge on any atom is -0.495 e. The molecule has 4 nitrogen and oxygen atoms in total. The second-order valence-electron chi connectivity index (χ2n) is 5.11. The minimum absolute atomic E-state index is 0.117. The normalized spacial score (nSPS) is 11.8. The molecule has 0 fully saturated rings. The van der Waals surface area contributed by atoms with Gasteiger partial charge in [-0.05, 0) is 37.3 Å². The molecule has 0 bridgehead atoms. The molecule has 0 aliphatic carbocycles. The third kappa shape index (κ3) is 3.32. The summed E-state index contributed by atoms with van der Waals surface area (Å²) in [5, 5.41) is 0.585. The number of carbonyl (C=O) groups excluding carboxylic acids is 1. The maximum atomic E-state index is 12.7. The number of aromatic nitrogens is 1. The predicted octanol–water partition coefficient (Wildman–Crippen LogP) is 5.26. The van der Waals surface area contributed by atoms with Crippen LogP contribution < -0.4 is 9.47 Å². The van der Waals surface area contributed by atoms with Gasteiger partial charge in [-0.25, -0.2) is 0 Å². The van der Waals surface area contributed by atoms with Crippen LogP contribution in [-0.2, 0) is 0 Å². The Hall–Kier alpha value is -2.19. The topological polar surface area (TPSA) is 40.5 Å². The van der Waals surface area contributed by atoms with E-state index in [0.717, 1.165) is 6.07 Å². The van der Waals surface area contributed by atoms with Crippen molar-refractivity contribution in [2.45, 2.75) is 13.3 Å². The van der Waals surface area contributed by atoms with E-state index >= 15 is 0 Å². The molecule has 0 saturated heterocycles. The monoisotopic (exact) mass is 389 g/mol. The van der Waals surface area contributed by atoms with Gasteiger partial charge in [0.1, 0.15) is 5.75 Å². The van der Waals surface area contributed by atoms with Gasteiger partial charge in [0.25, 0.3) is 5.91 Å². The number of thiophene rings is 1. The van der Waals surface area contributed by atoms with Crippen LogP contribution in [0.2, 0.25) is 5.02 Å². The van der Waals surface area contributed by atoms with Crippen molar-refractivity contribution >= 4 is 39.7 Å².